The molecule has 2 N–H and O–H groups in total. The molecular formula is C38H49F3O6. The fraction of sp³-hybridized carbons (Fsp3) is 0.553. The molecule has 2 aromatic rings. The summed E-state index contributed by atoms with van der Waals surface area (Å²) in [4.78, 5) is 14.1. The van der Waals surface area contributed by atoms with Crippen molar-refractivity contribution < 1.29 is 42.4 Å². The molecular weight excluding hydrogens is 609 g/mol. The molecule has 258 valence electrons. The number of phenols is 1. The molecule has 0 aromatic heterocycles. The Morgan fingerprint density at radius 2 is 1.74 bits per heavy atom. The predicted octanol–water partition coefficient (Wildman–Crippen LogP) is 8.66. The standard InChI is InChI=1S/C38H49F3O6/c1-24(15-16-26-21-29(45-7)20-25(2)31(26)42)19-27-22-35(5)17-12-18-36(35,6)32(30(27)23-34(3,4)44)47-33(43)37(46-8,38(39,40)41)28-13-10-9-11-14-28/h9-11,13-15,20-21,32,42,44H,12,16-19,22-23H2,1-8H3. The maximum absolute atomic E-state index is 14.9. The molecule has 0 bridgehead atoms. The van der Waals surface area contributed by atoms with E-state index >= 15 is 0 Å². The molecule has 2 aliphatic rings. The highest BCUT2D eigenvalue weighted by Gasteiger charge is 2.66. The van der Waals surface area contributed by atoms with Gasteiger partial charge in [-0.3, -0.25) is 0 Å². The van der Waals surface area contributed by atoms with E-state index in [0.29, 0.717) is 48.1 Å². The third kappa shape index (κ3) is 6.98. The zero-order valence-electron chi connectivity index (χ0n) is 28.8. The van der Waals surface area contributed by atoms with Gasteiger partial charge >= 0.3 is 12.1 Å². The summed E-state index contributed by atoms with van der Waals surface area (Å²) in [6, 6.07) is 10.4. The Bertz CT molecular complexity index is 1520. The lowest BCUT2D eigenvalue weighted by Crippen LogP contribution is -2.56. The minimum absolute atomic E-state index is 0.117. The highest BCUT2D eigenvalue weighted by atomic mass is 19.4. The van der Waals surface area contributed by atoms with Crippen molar-refractivity contribution in [1.82, 2.24) is 0 Å². The Kier molecular flexibility index (Phi) is 10.3. The number of aryl methyl sites for hydroxylation is 1. The van der Waals surface area contributed by atoms with Crippen LogP contribution in [-0.4, -0.2) is 48.3 Å². The number of methoxy groups -OCH3 is 2. The lowest BCUT2D eigenvalue weighted by atomic mass is 9.55. The van der Waals surface area contributed by atoms with E-state index in [1.54, 1.807) is 39.2 Å². The average Bonchev–Trinajstić information content (AvgIpc) is 3.29. The van der Waals surface area contributed by atoms with Crippen LogP contribution in [0.3, 0.4) is 0 Å². The van der Waals surface area contributed by atoms with Crippen molar-refractivity contribution in [2.24, 2.45) is 10.8 Å². The van der Waals surface area contributed by atoms with Crippen molar-refractivity contribution in [2.45, 2.75) is 110 Å². The lowest BCUT2D eigenvalue weighted by molar-refractivity contribution is -0.280. The zero-order valence-corrected chi connectivity index (χ0v) is 28.8. The van der Waals surface area contributed by atoms with Crippen LogP contribution in [-0.2, 0) is 26.3 Å². The van der Waals surface area contributed by atoms with Crippen LogP contribution in [0.4, 0.5) is 13.2 Å². The Balaban J connectivity index is 1.81. The van der Waals surface area contributed by atoms with Gasteiger partial charge in [0.2, 0.25) is 0 Å². The molecule has 9 heteroatoms. The zero-order chi connectivity index (χ0) is 35.0. The summed E-state index contributed by atoms with van der Waals surface area (Å²) in [5.74, 6) is -0.687. The monoisotopic (exact) mass is 658 g/mol. The van der Waals surface area contributed by atoms with Gasteiger partial charge in [-0.2, -0.15) is 13.2 Å². The van der Waals surface area contributed by atoms with Gasteiger partial charge in [0, 0.05) is 30.1 Å². The van der Waals surface area contributed by atoms with Crippen LogP contribution in [0.5, 0.6) is 11.5 Å². The number of alkyl halides is 3. The van der Waals surface area contributed by atoms with Crippen LogP contribution in [0.15, 0.2) is 65.3 Å². The highest BCUT2D eigenvalue weighted by Crippen LogP contribution is 2.64. The number of halogens is 3. The summed E-state index contributed by atoms with van der Waals surface area (Å²) in [7, 11) is 2.45. The van der Waals surface area contributed by atoms with Gasteiger partial charge in [-0.25, -0.2) is 4.79 Å². The van der Waals surface area contributed by atoms with Gasteiger partial charge < -0.3 is 24.4 Å². The lowest BCUT2D eigenvalue weighted by Gasteiger charge is -2.52. The predicted molar refractivity (Wildman–Crippen MR) is 175 cm³/mol. The number of rotatable bonds is 11. The number of phenolic OH excluding ortho intramolecular Hbond substituents is 1. The Labute approximate surface area is 276 Å². The van der Waals surface area contributed by atoms with Crippen molar-refractivity contribution in [3.63, 3.8) is 0 Å². The van der Waals surface area contributed by atoms with E-state index in [9.17, 15) is 28.2 Å². The fourth-order valence-electron chi connectivity index (χ4n) is 7.75. The Morgan fingerprint density at radius 3 is 2.32 bits per heavy atom. The summed E-state index contributed by atoms with van der Waals surface area (Å²) >= 11 is 0. The van der Waals surface area contributed by atoms with Crippen LogP contribution in [0.25, 0.3) is 0 Å². The highest BCUT2D eigenvalue weighted by molar-refractivity contribution is 5.83. The van der Waals surface area contributed by atoms with Crippen LogP contribution in [0.1, 0.15) is 89.8 Å². The minimum atomic E-state index is -5.11. The van der Waals surface area contributed by atoms with Gasteiger partial charge in [-0.15, -0.1) is 0 Å². The van der Waals surface area contributed by atoms with Crippen LogP contribution >= 0.6 is 0 Å². The average molecular weight is 659 g/mol. The third-order valence-electron chi connectivity index (χ3n) is 10.5. The number of aromatic hydroxyl groups is 1. The molecule has 4 atom stereocenters. The number of hydrogen-bond donors (Lipinski definition) is 2. The Morgan fingerprint density at radius 1 is 1.09 bits per heavy atom. The van der Waals surface area contributed by atoms with Crippen LogP contribution in [0, 0.1) is 17.8 Å². The van der Waals surface area contributed by atoms with Gasteiger partial charge in [0.25, 0.3) is 5.60 Å². The first-order chi connectivity index (χ1) is 21.8. The normalized spacial score (nSPS) is 24.9. The van der Waals surface area contributed by atoms with Gasteiger partial charge in [-0.1, -0.05) is 67.8 Å². The topological polar surface area (TPSA) is 85.2 Å². The largest absolute Gasteiger partial charge is 0.507 e. The van der Waals surface area contributed by atoms with Crippen LogP contribution < -0.4 is 4.74 Å². The molecule has 0 amide bonds. The van der Waals surface area contributed by atoms with Gasteiger partial charge in [-0.05, 0) is 88.5 Å². The number of aliphatic hydroxyl groups is 1. The number of hydrogen-bond acceptors (Lipinski definition) is 6. The second-order valence-corrected chi connectivity index (χ2v) is 14.5. The quantitative estimate of drug-likeness (QED) is 0.186. The number of carbonyl (C=O) groups is 1. The molecule has 4 rings (SSSR count). The first-order valence-corrected chi connectivity index (χ1v) is 16.2. The molecule has 2 aromatic carbocycles. The van der Waals surface area contributed by atoms with Gasteiger partial charge in [0.1, 0.15) is 17.6 Å². The number of benzene rings is 2. The number of carbonyl (C=O) groups excluding carboxylic acids is 1. The first kappa shape index (κ1) is 36.5. The molecule has 0 saturated heterocycles. The van der Waals surface area contributed by atoms with Crippen molar-refractivity contribution in [1.29, 1.82) is 0 Å². The summed E-state index contributed by atoms with van der Waals surface area (Å²) in [5, 5.41) is 21.8. The molecule has 0 radical (unpaired) electrons. The molecule has 4 unspecified atom stereocenters. The first-order valence-electron chi connectivity index (χ1n) is 16.2. The molecule has 6 nitrogen and oxygen atoms in total. The van der Waals surface area contributed by atoms with E-state index in [1.807, 2.05) is 26.8 Å². The second-order valence-electron chi connectivity index (χ2n) is 14.5. The molecule has 0 aliphatic heterocycles. The maximum Gasteiger partial charge on any atom is 0.432 e. The second kappa shape index (κ2) is 13.3. The summed E-state index contributed by atoms with van der Waals surface area (Å²) in [6.07, 6.45) is -0.105. The minimum Gasteiger partial charge on any atom is -0.507 e. The van der Waals surface area contributed by atoms with Crippen LogP contribution in [0.2, 0.25) is 0 Å². The molecule has 1 saturated carbocycles. The SMILES string of the molecule is COc1cc(C)c(O)c(CC=C(C)CC2=C(CC(C)(C)O)C(OC(=O)C(OC)(c3ccccc3)C(F)(F)F)C3(C)CCCC3(C)C2)c1. The van der Waals surface area contributed by atoms with Crippen molar-refractivity contribution in [3.8, 4) is 11.5 Å². The van der Waals surface area contributed by atoms with Crippen molar-refractivity contribution in [2.75, 3.05) is 14.2 Å². The smallest absolute Gasteiger partial charge is 0.432 e. The number of esters is 1. The van der Waals surface area contributed by atoms with E-state index in [0.717, 1.165) is 31.1 Å². The van der Waals surface area contributed by atoms with E-state index < -0.39 is 34.9 Å². The molecule has 2 aliphatic carbocycles. The number of allylic oxidation sites excluding steroid dienone is 3. The maximum atomic E-state index is 14.9. The summed E-state index contributed by atoms with van der Waals surface area (Å²) in [5.41, 5.74) is -1.96. The van der Waals surface area contributed by atoms with E-state index in [-0.39, 0.29) is 23.1 Å². The Hall–Kier alpha value is -3.30. The summed E-state index contributed by atoms with van der Waals surface area (Å²) < 4.78 is 61.4. The molecule has 0 spiro atoms. The number of ether oxygens (including phenoxy) is 3. The van der Waals surface area contributed by atoms with Crippen molar-refractivity contribution >= 4 is 5.97 Å². The molecule has 0 heterocycles. The van der Waals surface area contributed by atoms with Gasteiger partial charge in [0.05, 0.1) is 12.7 Å². The van der Waals surface area contributed by atoms with E-state index in [1.165, 1.54) is 24.3 Å². The van der Waals surface area contributed by atoms with Gasteiger partial charge in [0.15, 0.2) is 0 Å². The third-order valence-corrected chi connectivity index (χ3v) is 10.5. The molecule has 1 fully saturated rings. The summed E-state index contributed by atoms with van der Waals surface area (Å²) in [6.45, 7) is 11.2. The molecule has 47 heavy (non-hydrogen) atoms. The van der Waals surface area contributed by atoms with E-state index in [4.69, 9.17) is 14.2 Å². The van der Waals surface area contributed by atoms with Crippen molar-refractivity contribution in [3.05, 3.63) is 82.0 Å². The fourth-order valence-corrected chi connectivity index (χ4v) is 7.75. The number of fused-ring (bicyclic) bond motifs is 1. The van der Waals surface area contributed by atoms with E-state index in [2.05, 4.69) is 6.92 Å².